The number of likely N-dealkylation sites (N-methyl/N-ethyl adjacent to an activating group) is 1. The van der Waals surface area contributed by atoms with Gasteiger partial charge >= 0.3 is 6.09 Å². The number of carboxylic acid groups (broad SMARTS) is 1. The first-order chi connectivity index (χ1) is 20.5. The van der Waals surface area contributed by atoms with E-state index in [1.807, 2.05) is 48.5 Å². The summed E-state index contributed by atoms with van der Waals surface area (Å²) in [5.41, 5.74) is 3.51. The van der Waals surface area contributed by atoms with Crippen LogP contribution in [0.4, 0.5) is 16.2 Å². The van der Waals surface area contributed by atoms with Crippen LogP contribution in [-0.4, -0.2) is 66.1 Å². The van der Waals surface area contributed by atoms with Crippen molar-refractivity contribution in [2.24, 2.45) is 0 Å². The van der Waals surface area contributed by atoms with E-state index in [0.717, 1.165) is 16.0 Å². The fourth-order valence-electron chi connectivity index (χ4n) is 5.18. The molecule has 2 N–H and O–H groups in total. The maximum absolute atomic E-state index is 14.4. The number of amides is 4. The van der Waals surface area contributed by atoms with E-state index in [4.69, 9.17) is 4.74 Å². The van der Waals surface area contributed by atoms with Gasteiger partial charge in [0.2, 0.25) is 11.8 Å². The van der Waals surface area contributed by atoms with Crippen LogP contribution in [0.2, 0.25) is 0 Å². The van der Waals surface area contributed by atoms with Crippen LogP contribution < -0.4 is 19.9 Å². The van der Waals surface area contributed by atoms with Crippen molar-refractivity contribution >= 4 is 35.2 Å². The molecule has 0 unspecified atom stereocenters. The van der Waals surface area contributed by atoms with E-state index in [0.29, 0.717) is 22.7 Å². The SMILES string of the molecule is COc1ccc(-c2ccccc2)cc1CN1C(=O)[C@@H](NC(=O)[C@H](C)N(C)C(=O)O)[C@H](C)N(C(C)=O)c2cc(C#N)ccc21. The van der Waals surface area contributed by atoms with Crippen LogP contribution in [0.5, 0.6) is 5.75 Å². The second-order valence-electron chi connectivity index (χ2n) is 10.3. The summed E-state index contributed by atoms with van der Waals surface area (Å²) in [6.45, 7) is 4.38. The van der Waals surface area contributed by atoms with Gasteiger partial charge in [0.05, 0.1) is 42.7 Å². The lowest BCUT2D eigenvalue weighted by molar-refractivity contribution is -0.130. The van der Waals surface area contributed by atoms with Gasteiger partial charge in [0.15, 0.2) is 0 Å². The van der Waals surface area contributed by atoms with E-state index in [-0.39, 0.29) is 12.1 Å². The van der Waals surface area contributed by atoms with Crippen molar-refractivity contribution in [3.05, 3.63) is 77.9 Å². The molecular weight excluding hydrogens is 550 g/mol. The van der Waals surface area contributed by atoms with Gasteiger partial charge in [-0.15, -0.1) is 0 Å². The predicted octanol–water partition coefficient (Wildman–Crippen LogP) is 4.01. The van der Waals surface area contributed by atoms with Crippen molar-refractivity contribution in [1.29, 1.82) is 5.26 Å². The Hall–Kier alpha value is -5.37. The van der Waals surface area contributed by atoms with Crippen molar-refractivity contribution in [3.63, 3.8) is 0 Å². The van der Waals surface area contributed by atoms with Crippen LogP contribution in [0, 0.1) is 11.3 Å². The molecule has 1 aliphatic rings. The number of rotatable bonds is 7. The Kier molecular flexibility index (Phi) is 9.00. The summed E-state index contributed by atoms with van der Waals surface area (Å²) in [6.07, 6.45) is -1.31. The summed E-state index contributed by atoms with van der Waals surface area (Å²) in [4.78, 5) is 55.8. The van der Waals surface area contributed by atoms with E-state index in [9.17, 15) is 29.5 Å². The van der Waals surface area contributed by atoms with Gasteiger partial charge < -0.3 is 25.0 Å². The van der Waals surface area contributed by atoms with Gasteiger partial charge in [-0.1, -0.05) is 36.4 Å². The first kappa shape index (κ1) is 30.6. The number of carbonyl (C=O) groups is 4. The van der Waals surface area contributed by atoms with Crippen LogP contribution in [0.15, 0.2) is 66.7 Å². The van der Waals surface area contributed by atoms with E-state index < -0.39 is 41.9 Å². The van der Waals surface area contributed by atoms with Crippen LogP contribution in [0.3, 0.4) is 0 Å². The number of nitrogens with one attached hydrogen (secondary N) is 1. The van der Waals surface area contributed by atoms with Gasteiger partial charge in [0.1, 0.15) is 17.8 Å². The molecule has 3 aromatic carbocycles. The summed E-state index contributed by atoms with van der Waals surface area (Å²) in [5, 5.41) is 21.7. The Morgan fingerprint density at radius 3 is 2.37 bits per heavy atom. The quantitative estimate of drug-likeness (QED) is 0.428. The topological polar surface area (TPSA) is 143 Å². The van der Waals surface area contributed by atoms with Crippen LogP contribution in [-0.2, 0) is 20.9 Å². The van der Waals surface area contributed by atoms with Crippen LogP contribution in [0.25, 0.3) is 11.1 Å². The van der Waals surface area contributed by atoms with Gasteiger partial charge in [-0.25, -0.2) is 4.79 Å². The Labute approximate surface area is 249 Å². The van der Waals surface area contributed by atoms with E-state index in [1.54, 1.807) is 19.1 Å². The largest absolute Gasteiger partial charge is 0.496 e. The summed E-state index contributed by atoms with van der Waals surface area (Å²) < 4.78 is 5.64. The molecule has 0 aromatic heterocycles. The van der Waals surface area contributed by atoms with Crippen LogP contribution in [0.1, 0.15) is 31.9 Å². The molecule has 4 amide bonds. The molecule has 3 aromatic rings. The van der Waals surface area contributed by atoms with Crippen molar-refractivity contribution in [3.8, 4) is 22.9 Å². The number of nitriles is 1. The number of methoxy groups -OCH3 is 1. The summed E-state index contributed by atoms with van der Waals surface area (Å²) >= 11 is 0. The number of carbonyl (C=O) groups excluding carboxylic acids is 3. The highest BCUT2D eigenvalue weighted by molar-refractivity contribution is 6.08. The standard InChI is InChI=1S/C32H33N5O6/c1-19-29(34-30(39)20(2)35(4)32(41)42)31(40)36(26-13-11-22(17-33)15-27(26)37(19)21(3)38)18-25-16-24(12-14-28(25)43-5)23-9-7-6-8-10-23/h6-16,19-20,29H,18H2,1-5H3,(H,34,39)(H,41,42)/t19-,20-,29-/m0/s1. The lowest BCUT2D eigenvalue weighted by Crippen LogP contribution is -2.60. The zero-order chi connectivity index (χ0) is 31.4. The number of fused-ring (bicyclic) bond motifs is 1. The molecule has 0 saturated heterocycles. The minimum absolute atomic E-state index is 0.0109. The second-order valence-corrected chi connectivity index (χ2v) is 10.3. The zero-order valence-corrected chi connectivity index (χ0v) is 24.6. The number of hydrogen-bond acceptors (Lipinski definition) is 6. The number of hydrogen-bond donors (Lipinski definition) is 2. The Morgan fingerprint density at radius 2 is 1.77 bits per heavy atom. The highest BCUT2D eigenvalue weighted by Crippen LogP contribution is 2.38. The molecule has 43 heavy (non-hydrogen) atoms. The summed E-state index contributed by atoms with van der Waals surface area (Å²) in [7, 11) is 2.78. The molecule has 0 spiro atoms. The van der Waals surface area contributed by atoms with Gasteiger partial charge in [-0.3, -0.25) is 19.3 Å². The van der Waals surface area contributed by atoms with E-state index in [2.05, 4.69) is 11.4 Å². The molecule has 222 valence electrons. The first-order valence-corrected chi connectivity index (χ1v) is 13.6. The minimum Gasteiger partial charge on any atom is -0.496 e. The number of benzene rings is 3. The summed E-state index contributed by atoms with van der Waals surface area (Å²) in [5.74, 6) is -1.10. The molecular formula is C32H33N5O6. The van der Waals surface area contributed by atoms with Crippen molar-refractivity contribution < 1.29 is 29.0 Å². The van der Waals surface area contributed by atoms with Crippen molar-refractivity contribution in [1.82, 2.24) is 10.2 Å². The van der Waals surface area contributed by atoms with Gasteiger partial charge in [0.25, 0.3) is 5.91 Å². The Morgan fingerprint density at radius 1 is 1.07 bits per heavy atom. The summed E-state index contributed by atoms with van der Waals surface area (Å²) in [6, 6.07) is 18.9. The normalized spacial score (nSPS) is 16.8. The fraction of sp³-hybridized carbons (Fsp3) is 0.281. The number of anilines is 2. The second kappa shape index (κ2) is 12.7. The van der Waals surface area contributed by atoms with Crippen LogP contribution >= 0.6 is 0 Å². The van der Waals surface area contributed by atoms with Gasteiger partial charge in [-0.05, 0) is 55.3 Å². The number of nitrogens with zero attached hydrogens (tertiary/aromatic N) is 4. The third kappa shape index (κ3) is 6.13. The Bertz CT molecular complexity index is 1600. The lowest BCUT2D eigenvalue weighted by atomic mass is 10.0. The lowest BCUT2D eigenvalue weighted by Gasteiger charge is -2.32. The molecule has 11 heteroatoms. The first-order valence-electron chi connectivity index (χ1n) is 13.6. The average molecular weight is 584 g/mol. The van der Waals surface area contributed by atoms with Gasteiger partial charge in [0, 0.05) is 19.5 Å². The molecule has 0 radical (unpaired) electrons. The molecule has 11 nitrogen and oxygen atoms in total. The highest BCUT2D eigenvalue weighted by atomic mass is 16.5. The number of ether oxygens (including phenoxy) is 1. The van der Waals surface area contributed by atoms with E-state index in [1.165, 1.54) is 43.9 Å². The average Bonchev–Trinajstić information content (AvgIpc) is 3.08. The smallest absolute Gasteiger partial charge is 0.407 e. The molecule has 0 bridgehead atoms. The minimum atomic E-state index is -1.31. The van der Waals surface area contributed by atoms with Gasteiger partial charge in [-0.2, -0.15) is 5.26 Å². The van der Waals surface area contributed by atoms with Crippen molar-refractivity contribution in [2.75, 3.05) is 24.0 Å². The monoisotopic (exact) mass is 583 g/mol. The van der Waals surface area contributed by atoms with Crippen molar-refractivity contribution in [2.45, 2.75) is 45.4 Å². The zero-order valence-electron chi connectivity index (χ0n) is 24.6. The maximum Gasteiger partial charge on any atom is 0.407 e. The molecule has 1 aliphatic heterocycles. The molecule has 4 rings (SSSR count). The third-order valence-electron chi connectivity index (χ3n) is 7.69. The third-order valence-corrected chi connectivity index (χ3v) is 7.69. The molecule has 3 atom stereocenters. The molecule has 0 aliphatic carbocycles. The molecule has 1 heterocycles. The molecule has 0 saturated carbocycles. The molecule has 0 fully saturated rings. The van der Waals surface area contributed by atoms with E-state index >= 15 is 0 Å². The highest BCUT2D eigenvalue weighted by Gasteiger charge is 2.42. The maximum atomic E-state index is 14.4. The fourth-order valence-corrected chi connectivity index (χ4v) is 5.18. The predicted molar refractivity (Wildman–Crippen MR) is 161 cm³/mol. The Balaban J connectivity index is 1.86.